The van der Waals surface area contributed by atoms with Gasteiger partial charge >= 0.3 is 0 Å². The molecule has 2 aromatic rings. The summed E-state index contributed by atoms with van der Waals surface area (Å²) in [7, 11) is 1.94. The Hall–Kier alpha value is -1.42. The molecule has 0 saturated heterocycles. The molecule has 0 saturated carbocycles. The molecule has 0 spiro atoms. The molecule has 84 valence electrons. The smallest absolute Gasteiger partial charge is 0.0521 e. The van der Waals surface area contributed by atoms with Crippen LogP contribution in [0, 0.1) is 0 Å². The van der Waals surface area contributed by atoms with E-state index in [2.05, 4.69) is 17.4 Å². The van der Waals surface area contributed by atoms with Crippen molar-refractivity contribution in [3.8, 4) is 0 Å². The molecule has 2 N–H and O–H groups in total. The summed E-state index contributed by atoms with van der Waals surface area (Å²) in [5.74, 6) is 1.03. The van der Waals surface area contributed by atoms with Crippen molar-refractivity contribution in [3.63, 3.8) is 0 Å². The van der Waals surface area contributed by atoms with Crippen molar-refractivity contribution in [1.29, 1.82) is 0 Å². The monoisotopic (exact) mass is 233 g/mol. The van der Waals surface area contributed by atoms with Crippen molar-refractivity contribution in [2.75, 3.05) is 11.5 Å². The second-order valence-electron chi connectivity index (χ2n) is 3.66. The molecule has 4 heteroatoms. The lowest BCUT2D eigenvalue weighted by atomic mass is 10.3. The second-order valence-corrected chi connectivity index (χ2v) is 4.80. The van der Waals surface area contributed by atoms with Gasteiger partial charge in [-0.1, -0.05) is 12.1 Å². The number of nitrogens with zero attached hydrogens (tertiary/aromatic N) is 2. The molecule has 0 aliphatic heterocycles. The summed E-state index contributed by atoms with van der Waals surface area (Å²) in [6.07, 6.45) is 4.98. The van der Waals surface area contributed by atoms with Crippen LogP contribution in [0.25, 0.3) is 0 Å². The van der Waals surface area contributed by atoms with E-state index in [9.17, 15) is 0 Å². The lowest BCUT2D eigenvalue weighted by Gasteiger charge is -2.03. The van der Waals surface area contributed by atoms with E-state index in [0.717, 1.165) is 22.8 Å². The van der Waals surface area contributed by atoms with Gasteiger partial charge in [-0.2, -0.15) is 5.10 Å². The van der Waals surface area contributed by atoms with E-state index in [4.69, 9.17) is 5.73 Å². The van der Waals surface area contributed by atoms with Crippen molar-refractivity contribution >= 4 is 17.4 Å². The SMILES string of the molecule is Cn1cc(CCSc2ccccc2N)cn1. The van der Waals surface area contributed by atoms with Crippen LogP contribution in [0.1, 0.15) is 5.56 Å². The maximum atomic E-state index is 5.87. The van der Waals surface area contributed by atoms with E-state index in [1.165, 1.54) is 5.56 Å². The summed E-state index contributed by atoms with van der Waals surface area (Å²) >= 11 is 1.79. The lowest BCUT2D eigenvalue weighted by molar-refractivity contribution is 0.767. The van der Waals surface area contributed by atoms with E-state index >= 15 is 0 Å². The van der Waals surface area contributed by atoms with Gasteiger partial charge < -0.3 is 5.73 Å². The Kier molecular flexibility index (Phi) is 3.51. The zero-order valence-electron chi connectivity index (χ0n) is 9.26. The summed E-state index contributed by atoms with van der Waals surface area (Å²) in [6, 6.07) is 7.97. The van der Waals surface area contributed by atoms with Gasteiger partial charge in [-0.25, -0.2) is 0 Å². The molecular weight excluding hydrogens is 218 g/mol. The highest BCUT2D eigenvalue weighted by Crippen LogP contribution is 2.24. The number of hydrogen-bond acceptors (Lipinski definition) is 3. The van der Waals surface area contributed by atoms with Crippen LogP contribution in [-0.4, -0.2) is 15.5 Å². The number of aromatic nitrogens is 2. The predicted octanol–water partition coefficient (Wildman–Crippen LogP) is 2.34. The Morgan fingerprint density at radius 2 is 2.19 bits per heavy atom. The van der Waals surface area contributed by atoms with Crippen LogP contribution in [0.3, 0.4) is 0 Å². The first-order valence-electron chi connectivity index (χ1n) is 5.20. The summed E-state index contributed by atoms with van der Waals surface area (Å²) in [5.41, 5.74) is 7.99. The zero-order chi connectivity index (χ0) is 11.4. The third kappa shape index (κ3) is 2.79. The molecule has 0 aliphatic rings. The molecule has 0 amide bonds. The van der Waals surface area contributed by atoms with E-state index in [1.54, 1.807) is 11.8 Å². The van der Waals surface area contributed by atoms with E-state index in [-0.39, 0.29) is 0 Å². The average Bonchev–Trinajstić information content (AvgIpc) is 2.67. The minimum absolute atomic E-state index is 0.860. The van der Waals surface area contributed by atoms with Crippen LogP contribution in [0.4, 0.5) is 5.69 Å². The largest absolute Gasteiger partial charge is 0.398 e. The Morgan fingerprint density at radius 3 is 2.88 bits per heavy atom. The molecule has 0 bridgehead atoms. The molecule has 0 fully saturated rings. The van der Waals surface area contributed by atoms with Crippen molar-refractivity contribution in [2.24, 2.45) is 7.05 Å². The molecule has 1 aromatic heterocycles. The van der Waals surface area contributed by atoms with Crippen LogP contribution in [-0.2, 0) is 13.5 Å². The number of nitrogen functional groups attached to an aromatic ring is 1. The van der Waals surface area contributed by atoms with Gasteiger partial charge in [0.25, 0.3) is 0 Å². The first-order chi connectivity index (χ1) is 7.75. The number of nitrogens with two attached hydrogens (primary N) is 1. The standard InChI is InChI=1S/C12H15N3S/c1-15-9-10(8-14-15)6-7-16-12-5-3-2-4-11(12)13/h2-5,8-9H,6-7,13H2,1H3. The highest BCUT2D eigenvalue weighted by atomic mass is 32.2. The molecule has 1 heterocycles. The summed E-state index contributed by atoms with van der Waals surface area (Å²) in [6.45, 7) is 0. The minimum atomic E-state index is 0.860. The Balaban J connectivity index is 1.87. The topological polar surface area (TPSA) is 43.8 Å². The summed E-state index contributed by atoms with van der Waals surface area (Å²) < 4.78 is 1.83. The fourth-order valence-electron chi connectivity index (χ4n) is 1.49. The fraction of sp³-hybridized carbons (Fsp3) is 0.250. The van der Waals surface area contributed by atoms with E-state index in [0.29, 0.717) is 0 Å². The molecule has 1 aromatic carbocycles. The normalized spacial score (nSPS) is 10.6. The molecule has 0 atom stereocenters. The number of benzene rings is 1. The molecule has 3 nitrogen and oxygen atoms in total. The zero-order valence-corrected chi connectivity index (χ0v) is 10.1. The summed E-state index contributed by atoms with van der Waals surface area (Å²) in [5, 5.41) is 4.14. The molecule has 0 aliphatic carbocycles. The maximum absolute atomic E-state index is 5.87. The quantitative estimate of drug-likeness (QED) is 0.651. The number of aryl methyl sites for hydroxylation is 2. The first-order valence-corrected chi connectivity index (χ1v) is 6.19. The third-order valence-electron chi connectivity index (χ3n) is 2.33. The van der Waals surface area contributed by atoms with Crippen LogP contribution >= 0.6 is 11.8 Å². The Morgan fingerprint density at radius 1 is 1.38 bits per heavy atom. The second kappa shape index (κ2) is 5.07. The van der Waals surface area contributed by atoms with Gasteiger partial charge in [0.1, 0.15) is 0 Å². The number of hydrogen-bond donors (Lipinski definition) is 1. The highest BCUT2D eigenvalue weighted by molar-refractivity contribution is 7.99. The molecule has 0 unspecified atom stereocenters. The molecular formula is C12H15N3S. The predicted molar refractivity (Wildman–Crippen MR) is 68.5 cm³/mol. The van der Waals surface area contributed by atoms with Crippen LogP contribution in [0.5, 0.6) is 0 Å². The first kappa shape index (κ1) is 11.1. The van der Waals surface area contributed by atoms with E-state index < -0.39 is 0 Å². The van der Waals surface area contributed by atoms with Gasteiger partial charge in [-0.05, 0) is 24.1 Å². The Bertz CT molecular complexity index is 465. The average molecular weight is 233 g/mol. The van der Waals surface area contributed by atoms with Crippen LogP contribution < -0.4 is 5.73 Å². The van der Waals surface area contributed by atoms with Crippen molar-refractivity contribution < 1.29 is 0 Å². The number of anilines is 1. The number of thioether (sulfide) groups is 1. The van der Waals surface area contributed by atoms with Gasteiger partial charge in [0.05, 0.1) is 6.20 Å². The molecule has 0 radical (unpaired) electrons. The fourth-order valence-corrected chi connectivity index (χ4v) is 2.46. The van der Waals surface area contributed by atoms with Gasteiger partial charge in [0.2, 0.25) is 0 Å². The van der Waals surface area contributed by atoms with Gasteiger partial charge in [-0.15, -0.1) is 11.8 Å². The maximum Gasteiger partial charge on any atom is 0.0521 e. The Labute approximate surface area is 99.7 Å². The minimum Gasteiger partial charge on any atom is -0.398 e. The third-order valence-corrected chi connectivity index (χ3v) is 3.42. The van der Waals surface area contributed by atoms with Crippen LogP contribution in [0.15, 0.2) is 41.6 Å². The number of para-hydroxylation sites is 1. The lowest BCUT2D eigenvalue weighted by Crippen LogP contribution is -1.91. The molecule has 16 heavy (non-hydrogen) atoms. The highest BCUT2D eigenvalue weighted by Gasteiger charge is 2.00. The molecule has 2 rings (SSSR count). The van der Waals surface area contributed by atoms with Crippen molar-refractivity contribution in [1.82, 2.24) is 9.78 Å². The van der Waals surface area contributed by atoms with Gasteiger partial charge in [0, 0.05) is 29.6 Å². The van der Waals surface area contributed by atoms with Crippen LogP contribution in [0.2, 0.25) is 0 Å². The van der Waals surface area contributed by atoms with Crippen molar-refractivity contribution in [2.45, 2.75) is 11.3 Å². The van der Waals surface area contributed by atoms with Gasteiger partial charge in [-0.3, -0.25) is 4.68 Å². The van der Waals surface area contributed by atoms with Gasteiger partial charge in [0.15, 0.2) is 0 Å². The van der Waals surface area contributed by atoms with E-state index in [1.807, 2.05) is 36.1 Å². The van der Waals surface area contributed by atoms with Crippen molar-refractivity contribution in [3.05, 3.63) is 42.2 Å². The number of rotatable bonds is 4. The summed E-state index contributed by atoms with van der Waals surface area (Å²) in [4.78, 5) is 1.16.